The van der Waals surface area contributed by atoms with Crippen molar-refractivity contribution in [3.8, 4) is 0 Å². The van der Waals surface area contributed by atoms with Gasteiger partial charge in [-0.2, -0.15) is 0 Å². The molecule has 3 saturated carbocycles. The van der Waals surface area contributed by atoms with Gasteiger partial charge in [0.25, 0.3) is 0 Å². The highest BCUT2D eigenvalue weighted by atomic mass is 16.5. The van der Waals surface area contributed by atoms with Gasteiger partial charge in [0.2, 0.25) is 0 Å². The summed E-state index contributed by atoms with van der Waals surface area (Å²) in [4.78, 5) is 24.0. The Kier molecular flexibility index (Phi) is 2.83. The fourth-order valence-corrected chi connectivity index (χ4v) is 5.02. The third-order valence-corrected chi connectivity index (χ3v) is 5.53. The predicted molar refractivity (Wildman–Crippen MR) is 63.4 cm³/mol. The molecule has 18 heavy (non-hydrogen) atoms. The van der Waals surface area contributed by atoms with Crippen molar-refractivity contribution in [1.29, 1.82) is 0 Å². The molecule has 0 N–H and O–H groups in total. The van der Waals surface area contributed by atoms with Crippen LogP contribution in [0.25, 0.3) is 0 Å². The minimum Gasteiger partial charge on any atom is -0.469 e. The molecule has 2 unspecified atom stereocenters. The number of ether oxygens (including phenoxy) is 2. The van der Waals surface area contributed by atoms with E-state index in [2.05, 4.69) is 0 Å². The second-order valence-electron chi connectivity index (χ2n) is 5.92. The molecule has 4 heteroatoms. The minimum atomic E-state index is -0.258. The molecule has 0 heterocycles. The van der Waals surface area contributed by atoms with E-state index in [9.17, 15) is 9.59 Å². The van der Waals surface area contributed by atoms with Crippen LogP contribution in [-0.4, -0.2) is 26.2 Å². The van der Waals surface area contributed by atoms with Crippen LogP contribution in [-0.2, 0) is 19.1 Å². The molecule has 0 saturated heterocycles. The number of esters is 2. The molecule has 0 aromatic heterocycles. The Balaban J connectivity index is 1.91. The Hall–Kier alpha value is -1.06. The highest BCUT2D eigenvalue weighted by Gasteiger charge is 2.63. The van der Waals surface area contributed by atoms with Crippen LogP contribution in [0.2, 0.25) is 0 Å². The Labute approximate surface area is 107 Å². The van der Waals surface area contributed by atoms with Gasteiger partial charge in [-0.1, -0.05) is 6.42 Å². The van der Waals surface area contributed by atoms with Crippen molar-refractivity contribution < 1.29 is 19.1 Å². The van der Waals surface area contributed by atoms with Gasteiger partial charge >= 0.3 is 11.9 Å². The molecule has 0 radical (unpaired) electrons. The zero-order valence-corrected chi connectivity index (χ0v) is 10.9. The molecule has 3 fully saturated rings. The van der Waals surface area contributed by atoms with Gasteiger partial charge in [-0.05, 0) is 42.9 Å². The summed E-state index contributed by atoms with van der Waals surface area (Å²) in [6.07, 6.45) is 4.68. The van der Waals surface area contributed by atoms with E-state index in [1.807, 2.05) is 0 Å². The number of rotatable bonds is 2. The molecule has 0 aromatic carbocycles. The van der Waals surface area contributed by atoms with E-state index in [0.29, 0.717) is 23.7 Å². The zero-order valence-electron chi connectivity index (χ0n) is 10.9. The molecule has 0 aliphatic heterocycles. The highest BCUT2D eigenvalue weighted by Crippen LogP contribution is 2.63. The molecule has 100 valence electrons. The first kappa shape index (κ1) is 12.0. The summed E-state index contributed by atoms with van der Waals surface area (Å²) in [7, 11) is 2.82. The summed E-state index contributed by atoms with van der Waals surface area (Å²) in [5, 5.41) is 0. The van der Waals surface area contributed by atoms with Crippen LogP contribution in [0.4, 0.5) is 0 Å². The zero-order chi connectivity index (χ0) is 12.9. The van der Waals surface area contributed by atoms with Crippen molar-refractivity contribution in [2.75, 3.05) is 14.2 Å². The molecule has 6 atom stereocenters. The lowest BCUT2D eigenvalue weighted by Crippen LogP contribution is -2.41. The molecular formula is C14H20O4. The highest BCUT2D eigenvalue weighted by molar-refractivity contribution is 5.83. The maximum atomic E-state index is 12.0. The molecular weight excluding hydrogens is 232 g/mol. The number of hydrogen-bond donors (Lipinski definition) is 0. The Morgan fingerprint density at radius 2 is 1.28 bits per heavy atom. The van der Waals surface area contributed by atoms with Crippen LogP contribution in [0.3, 0.4) is 0 Å². The number of carbonyl (C=O) groups excluding carboxylic acids is 2. The van der Waals surface area contributed by atoms with Gasteiger partial charge in [-0.3, -0.25) is 9.59 Å². The second kappa shape index (κ2) is 4.25. The summed E-state index contributed by atoms with van der Waals surface area (Å²) in [6.45, 7) is 0. The normalized spacial score (nSPS) is 44.8. The predicted octanol–water partition coefficient (Wildman–Crippen LogP) is 1.63. The van der Waals surface area contributed by atoms with Crippen LogP contribution >= 0.6 is 0 Å². The quantitative estimate of drug-likeness (QED) is 0.701. The van der Waals surface area contributed by atoms with Crippen molar-refractivity contribution in [2.45, 2.75) is 25.7 Å². The largest absolute Gasteiger partial charge is 0.469 e. The minimum absolute atomic E-state index is 0.219. The van der Waals surface area contributed by atoms with E-state index in [1.165, 1.54) is 33.5 Å². The molecule has 0 spiro atoms. The van der Waals surface area contributed by atoms with Crippen LogP contribution in [0.15, 0.2) is 0 Å². The summed E-state index contributed by atoms with van der Waals surface area (Å²) in [5.41, 5.74) is 0. The van der Waals surface area contributed by atoms with Crippen molar-refractivity contribution in [2.24, 2.45) is 35.5 Å². The van der Waals surface area contributed by atoms with Gasteiger partial charge in [0.05, 0.1) is 26.1 Å². The average Bonchev–Trinajstić information content (AvgIpc) is 3.06. The van der Waals surface area contributed by atoms with Crippen molar-refractivity contribution in [1.82, 2.24) is 0 Å². The first-order chi connectivity index (χ1) is 8.69. The number of fused-ring (bicyclic) bond motifs is 5. The number of methoxy groups -OCH3 is 2. The fourth-order valence-electron chi connectivity index (χ4n) is 5.02. The number of carbonyl (C=O) groups is 2. The van der Waals surface area contributed by atoms with Gasteiger partial charge < -0.3 is 9.47 Å². The lowest BCUT2D eigenvalue weighted by atomic mass is 9.69. The summed E-state index contributed by atoms with van der Waals surface area (Å²) < 4.78 is 9.83. The topological polar surface area (TPSA) is 52.6 Å². The molecule has 0 aromatic rings. The lowest BCUT2D eigenvalue weighted by molar-refractivity contribution is -0.162. The lowest BCUT2D eigenvalue weighted by Gasteiger charge is -2.35. The van der Waals surface area contributed by atoms with E-state index in [1.54, 1.807) is 0 Å². The van der Waals surface area contributed by atoms with E-state index in [4.69, 9.17) is 9.47 Å². The Bertz CT molecular complexity index is 344. The molecule has 2 bridgehead atoms. The van der Waals surface area contributed by atoms with E-state index in [0.717, 1.165) is 6.42 Å². The molecule has 3 aliphatic carbocycles. The monoisotopic (exact) mass is 252 g/mol. The summed E-state index contributed by atoms with van der Waals surface area (Å²) in [6, 6.07) is 0. The Morgan fingerprint density at radius 1 is 0.833 bits per heavy atom. The Morgan fingerprint density at radius 3 is 1.67 bits per heavy atom. The summed E-state index contributed by atoms with van der Waals surface area (Å²) in [5.74, 6) is 1.02. The molecule has 0 amide bonds. The summed E-state index contributed by atoms with van der Waals surface area (Å²) >= 11 is 0. The second-order valence-corrected chi connectivity index (χ2v) is 5.92. The third-order valence-electron chi connectivity index (χ3n) is 5.53. The first-order valence-electron chi connectivity index (χ1n) is 6.84. The van der Waals surface area contributed by atoms with Gasteiger partial charge in [0.1, 0.15) is 0 Å². The first-order valence-corrected chi connectivity index (χ1v) is 6.84. The smallest absolute Gasteiger partial charge is 0.309 e. The van der Waals surface area contributed by atoms with Crippen molar-refractivity contribution in [3.63, 3.8) is 0 Å². The average molecular weight is 252 g/mol. The van der Waals surface area contributed by atoms with Crippen LogP contribution in [0.5, 0.6) is 0 Å². The van der Waals surface area contributed by atoms with Crippen molar-refractivity contribution in [3.05, 3.63) is 0 Å². The standard InChI is InChI=1S/C14H20O4/c1-17-13(15)11-9-6-10(12(11)14(16)18-2)8-5-3-4-7(8)9/h7-12H,3-6H2,1-2H3/t7?,8?,9-,10+,11-,12-/m1/s1. The molecule has 4 nitrogen and oxygen atoms in total. The SMILES string of the molecule is COC(=O)[C@H]1[C@H](C(=O)OC)[C@H]2C[C@@H]1C1CCCC12. The number of hydrogen-bond acceptors (Lipinski definition) is 4. The van der Waals surface area contributed by atoms with Crippen LogP contribution < -0.4 is 0 Å². The van der Waals surface area contributed by atoms with Gasteiger partial charge in [0.15, 0.2) is 0 Å². The van der Waals surface area contributed by atoms with Crippen LogP contribution in [0.1, 0.15) is 25.7 Å². The van der Waals surface area contributed by atoms with Crippen LogP contribution in [0, 0.1) is 35.5 Å². The van der Waals surface area contributed by atoms with E-state index < -0.39 is 0 Å². The van der Waals surface area contributed by atoms with Crippen molar-refractivity contribution >= 4 is 11.9 Å². The maximum Gasteiger partial charge on any atom is 0.309 e. The van der Waals surface area contributed by atoms with E-state index >= 15 is 0 Å². The molecule has 3 aliphatic rings. The fraction of sp³-hybridized carbons (Fsp3) is 0.857. The maximum absolute atomic E-state index is 12.0. The van der Waals surface area contributed by atoms with E-state index in [-0.39, 0.29) is 23.8 Å². The van der Waals surface area contributed by atoms with Gasteiger partial charge in [-0.25, -0.2) is 0 Å². The van der Waals surface area contributed by atoms with Gasteiger partial charge in [-0.15, -0.1) is 0 Å². The third kappa shape index (κ3) is 1.44. The van der Waals surface area contributed by atoms with Gasteiger partial charge in [0, 0.05) is 0 Å². The molecule has 3 rings (SSSR count).